The molecule has 13 heteroatoms. The van der Waals surface area contributed by atoms with Gasteiger partial charge in [0.25, 0.3) is 0 Å². The van der Waals surface area contributed by atoms with Gasteiger partial charge in [0.15, 0.2) is 0 Å². The lowest BCUT2D eigenvalue weighted by Crippen LogP contribution is -2.49. The van der Waals surface area contributed by atoms with Crippen molar-refractivity contribution in [3.8, 4) is 0 Å². The van der Waals surface area contributed by atoms with E-state index in [1.165, 1.54) is 0 Å². The molecule has 206 valence electrons. The summed E-state index contributed by atoms with van der Waals surface area (Å²) in [6, 6.07) is 1.96. The van der Waals surface area contributed by atoms with Crippen LogP contribution in [0.25, 0.3) is 0 Å². The Kier molecular flexibility index (Phi) is 22.4. The van der Waals surface area contributed by atoms with Gasteiger partial charge in [-0.25, -0.2) is 0 Å². The fourth-order valence-corrected chi connectivity index (χ4v) is 9.46. The second-order valence-electron chi connectivity index (χ2n) is 7.73. The van der Waals surface area contributed by atoms with E-state index in [-0.39, 0.29) is 5.79 Å². The SMILES string of the molecule is CCO[Si](CCCN(C)C([Si]C=C[Si](OC)(OC)OC)N(C)CCC[Si](OCC)OCC)OCC. The van der Waals surface area contributed by atoms with Crippen molar-refractivity contribution in [1.82, 2.24) is 9.80 Å². The first kappa shape index (κ1) is 35.2. The van der Waals surface area contributed by atoms with E-state index in [1.54, 1.807) is 21.3 Å². The largest absolute Gasteiger partial charge is 0.528 e. The average Bonchev–Trinajstić information content (AvgIpc) is 2.85. The third-order valence-corrected chi connectivity index (χ3v) is 13.3. The molecule has 0 saturated carbocycles. The van der Waals surface area contributed by atoms with Gasteiger partial charge >= 0.3 is 27.4 Å². The fourth-order valence-electron chi connectivity index (χ4n) is 3.49. The first-order valence-electron chi connectivity index (χ1n) is 12.6. The molecule has 35 heavy (non-hydrogen) atoms. The molecular formula is C22H50N2O7Si4. The van der Waals surface area contributed by atoms with E-state index < -0.39 is 27.4 Å². The van der Waals surface area contributed by atoms with E-state index in [0.717, 1.165) is 38.0 Å². The lowest BCUT2D eigenvalue weighted by atomic mass is 10.4. The van der Waals surface area contributed by atoms with Crippen LogP contribution >= 0.6 is 0 Å². The lowest BCUT2D eigenvalue weighted by Gasteiger charge is -2.35. The van der Waals surface area contributed by atoms with E-state index in [0.29, 0.717) is 35.9 Å². The summed E-state index contributed by atoms with van der Waals surface area (Å²) in [5.41, 5.74) is 4.14. The fraction of sp³-hybridized carbons (Fsp3) is 0.909. The van der Waals surface area contributed by atoms with Gasteiger partial charge in [-0.1, -0.05) is 5.70 Å². The number of nitrogens with zero attached hydrogens (tertiary/aromatic N) is 2. The Morgan fingerprint density at radius 2 is 1.09 bits per heavy atom. The van der Waals surface area contributed by atoms with Crippen molar-refractivity contribution in [2.24, 2.45) is 0 Å². The lowest BCUT2D eigenvalue weighted by molar-refractivity contribution is 0.138. The van der Waals surface area contributed by atoms with Crippen LogP contribution in [0.4, 0.5) is 0 Å². The van der Waals surface area contributed by atoms with Gasteiger partial charge in [-0.15, -0.1) is 0 Å². The Labute approximate surface area is 222 Å². The molecule has 0 aliphatic rings. The predicted octanol–water partition coefficient (Wildman–Crippen LogP) is 2.67. The Morgan fingerprint density at radius 3 is 1.40 bits per heavy atom. The zero-order chi connectivity index (χ0) is 26.5. The topological polar surface area (TPSA) is 71.1 Å². The molecule has 0 saturated heterocycles. The first-order chi connectivity index (χ1) is 16.9. The molecule has 0 fully saturated rings. The van der Waals surface area contributed by atoms with Gasteiger partial charge in [0, 0.05) is 47.8 Å². The summed E-state index contributed by atoms with van der Waals surface area (Å²) in [5.74, 6) is 0.258. The molecule has 0 aliphatic carbocycles. The Bertz CT molecular complexity index is 474. The van der Waals surface area contributed by atoms with Gasteiger partial charge in [0.2, 0.25) is 0 Å². The highest BCUT2D eigenvalue weighted by molar-refractivity contribution is 6.67. The van der Waals surface area contributed by atoms with E-state index in [4.69, 9.17) is 31.0 Å². The van der Waals surface area contributed by atoms with Crippen molar-refractivity contribution in [2.75, 3.05) is 74.9 Å². The quantitative estimate of drug-likeness (QED) is 0.130. The summed E-state index contributed by atoms with van der Waals surface area (Å²) in [4.78, 5) is 4.85. The van der Waals surface area contributed by atoms with E-state index in [1.807, 2.05) is 33.4 Å². The van der Waals surface area contributed by atoms with Crippen LogP contribution in [0, 0.1) is 0 Å². The first-order valence-corrected chi connectivity index (χ1v) is 18.6. The molecule has 0 aromatic heterocycles. The van der Waals surface area contributed by atoms with Crippen LogP contribution in [0.5, 0.6) is 0 Å². The molecule has 0 unspecified atom stereocenters. The molecule has 9 nitrogen and oxygen atoms in total. The van der Waals surface area contributed by atoms with E-state index >= 15 is 0 Å². The minimum Gasteiger partial charge on any atom is -0.394 e. The summed E-state index contributed by atoms with van der Waals surface area (Å²) >= 11 is 0. The smallest absolute Gasteiger partial charge is 0.394 e. The van der Waals surface area contributed by atoms with Crippen molar-refractivity contribution in [3.63, 3.8) is 0 Å². The summed E-state index contributed by atoms with van der Waals surface area (Å²) in [6.45, 7) is 12.9. The molecule has 0 amide bonds. The summed E-state index contributed by atoms with van der Waals surface area (Å²) in [5, 5.41) is 0. The maximum absolute atomic E-state index is 5.81. The van der Waals surface area contributed by atoms with Crippen molar-refractivity contribution in [2.45, 2.75) is 58.4 Å². The molecule has 0 N–H and O–H groups in total. The van der Waals surface area contributed by atoms with Gasteiger partial charge in [0.1, 0.15) is 9.52 Å². The van der Waals surface area contributed by atoms with Crippen LogP contribution in [-0.2, 0) is 31.0 Å². The van der Waals surface area contributed by atoms with Gasteiger partial charge in [-0.3, -0.25) is 9.80 Å². The molecule has 0 rings (SSSR count). The summed E-state index contributed by atoms with van der Waals surface area (Å²) < 4.78 is 39.9. The van der Waals surface area contributed by atoms with Gasteiger partial charge in [-0.2, -0.15) is 0 Å². The van der Waals surface area contributed by atoms with Crippen molar-refractivity contribution < 1.29 is 31.0 Å². The third kappa shape index (κ3) is 15.3. The minimum atomic E-state index is -2.74. The van der Waals surface area contributed by atoms with Gasteiger partial charge < -0.3 is 31.0 Å². The molecule has 4 radical (unpaired) electrons. The Morgan fingerprint density at radius 1 is 0.714 bits per heavy atom. The second kappa shape index (κ2) is 22.3. The predicted molar refractivity (Wildman–Crippen MR) is 148 cm³/mol. The zero-order valence-electron chi connectivity index (χ0n) is 23.6. The van der Waals surface area contributed by atoms with Crippen LogP contribution in [0.1, 0.15) is 40.5 Å². The summed E-state index contributed by atoms with van der Waals surface area (Å²) in [7, 11) is 4.71. The summed E-state index contributed by atoms with van der Waals surface area (Å²) in [6.07, 6.45) is 2.08. The number of hydrogen-bond acceptors (Lipinski definition) is 9. The van der Waals surface area contributed by atoms with Crippen molar-refractivity contribution in [1.29, 1.82) is 0 Å². The molecule has 0 spiro atoms. The van der Waals surface area contributed by atoms with Gasteiger partial charge in [0.05, 0.1) is 5.79 Å². The molecule has 0 aliphatic heterocycles. The van der Waals surface area contributed by atoms with Crippen LogP contribution < -0.4 is 0 Å². The molecule has 0 bridgehead atoms. The average molecular weight is 567 g/mol. The molecule has 0 aromatic rings. The third-order valence-electron chi connectivity index (χ3n) is 5.23. The van der Waals surface area contributed by atoms with E-state index in [2.05, 4.69) is 29.6 Å². The zero-order valence-corrected chi connectivity index (χ0v) is 27.6. The highest BCUT2D eigenvalue weighted by Gasteiger charge is 2.34. The second-order valence-corrected chi connectivity index (χ2v) is 15.3. The minimum absolute atomic E-state index is 0.258. The standard InChI is InChI=1S/C22H50N2O7Si4/c1-10-28-33(29-11-2)19-14-16-23(5)22(32-18-21-35(25-7,26-8)27-9)24(6)17-15-20-34(30-12-3)31-13-4/h18,21-22H,10-17,19-20H2,1-9H3. The van der Waals surface area contributed by atoms with Gasteiger partial charge in [-0.05, 0) is 85.5 Å². The van der Waals surface area contributed by atoms with Crippen LogP contribution in [-0.4, -0.2) is 127 Å². The Balaban J connectivity index is 5.15. The Hall–Kier alpha value is 0.248. The monoisotopic (exact) mass is 566 g/mol. The maximum Gasteiger partial charge on any atom is 0.528 e. The highest BCUT2D eigenvalue weighted by Crippen LogP contribution is 2.12. The highest BCUT2D eigenvalue weighted by atomic mass is 28.4. The van der Waals surface area contributed by atoms with Crippen LogP contribution in [0.15, 0.2) is 11.4 Å². The van der Waals surface area contributed by atoms with Crippen LogP contribution in [0.3, 0.4) is 0 Å². The molecular weight excluding hydrogens is 517 g/mol. The number of rotatable bonds is 24. The maximum atomic E-state index is 5.81. The van der Waals surface area contributed by atoms with Crippen molar-refractivity contribution in [3.05, 3.63) is 11.4 Å². The normalized spacial score (nSPS) is 13.1. The number of hydrogen-bond donors (Lipinski definition) is 0. The molecule has 0 heterocycles. The molecule has 0 aromatic carbocycles. The van der Waals surface area contributed by atoms with Crippen molar-refractivity contribution >= 4 is 36.9 Å². The van der Waals surface area contributed by atoms with E-state index in [9.17, 15) is 0 Å². The van der Waals surface area contributed by atoms with Crippen LogP contribution in [0.2, 0.25) is 12.1 Å². The molecule has 0 atom stereocenters.